The van der Waals surface area contributed by atoms with E-state index in [1.165, 1.54) is 19.3 Å². The van der Waals surface area contributed by atoms with Crippen molar-refractivity contribution in [1.29, 1.82) is 0 Å². The quantitative estimate of drug-likeness (QED) is 0.594. The third-order valence-electron chi connectivity index (χ3n) is 3.59. The third kappa shape index (κ3) is 12.4. The number of nitrogens with one attached hydrogen (secondary N) is 1. The molecule has 1 aliphatic heterocycles. The molecule has 0 amide bonds. The molecular weight excluding hydrogens is 276 g/mol. The van der Waals surface area contributed by atoms with E-state index in [9.17, 15) is 0 Å². The van der Waals surface area contributed by atoms with Crippen LogP contribution in [0.3, 0.4) is 0 Å². The van der Waals surface area contributed by atoms with Gasteiger partial charge < -0.3 is 14.8 Å². The van der Waals surface area contributed by atoms with E-state index in [1.807, 2.05) is 13.8 Å². The van der Waals surface area contributed by atoms with E-state index < -0.39 is 0 Å². The van der Waals surface area contributed by atoms with Crippen molar-refractivity contribution in [3.05, 3.63) is 0 Å². The summed E-state index contributed by atoms with van der Waals surface area (Å²) in [6.07, 6.45) is 4.07. The van der Waals surface area contributed by atoms with Crippen LogP contribution in [-0.2, 0) is 9.47 Å². The predicted octanol–water partition coefficient (Wildman–Crippen LogP) is 3.17. The first-order chi connectivity index (χ1) is 10.7. The molecule has 1 rings (SSSR count). The van der Waals surface area contributed by atoms with Crippen molar-refractivity contribution in [1.82, 2.24) is 10.2 Å². The van der Waals surface area contributed by atoms with Crippen LogP contribution in [0.4, 0.5) is 0 Å². The molecule has 1 unspecified atom stereocenters. The lowest BCUT2D eigenvalue weighted by Crippen LogP contribution is -2.47. The van der Waals surface area contributed by atoms with E-state index in [1.54, 1.807) is 0 Å². The summed E-state index contributed by atoms with van der Waals surface area (Å²) >= 11 is 0. The van der Waals surface area contributed by atoms with E-state index in [2.05, 4.69) is 31.0 Å². The molecule has 1 atom stereocenters. The molecular formula is C18H40N2O2. The van der Waals surface area contributed by atoms with Gasteiger partial charge in [-0.25, -0.2) is 0 Å². The molecule has 134 valence electrons. The summed E-state index contributed by atoms with van der Waals surface area (Å²) in [5.74, 6) is 0.700. The highest BCUT2D eigenvalue weighted by atomic mass is 16.5. The number of nitrogens with zero attached hydrogens (tertiary/aromatic N) is 1. The Balaban J connectivity index is 0.00000211. The van der Waals surface area contributed by atoms with Gasteiger partial charge in [0.25, 0.3) is 0 Å². The zero-order chi connectivity index (χ0) is 16.6. The van der Waals surface area contributed by atoms with E-state index in [0.29, 0.717) is 12.0 Å². The van der Waals surface area contributed by atoms with Gasteiger partial charge in [-0.15, -0.1) is 0 Å². The van der Waals surface area contributed by atoms with Crippen molar-refractivity contribution in [2.45, 2.75) is 60.0 Å². The van der Waals surface area contributed by atoms with Gasteiger partial charge in [-0.1, -0.05) is 47.5 Å². The highest BCUT2D eigenvalue weighted by molar-refractivity contribution is 4.73. The second-order valence-corrected chi connectivity index (χ2v) is 6.16. The highest BCUT2D eigenvalue weighted by Gasteiger charge is 2.19. The average molecular weight is 317 g/mol. The minimum Gasteiger partial charge on any atom is -0.380 e. The van der Waals surface area contributed by atoms with Gasteiger partial charge in [-0.05, 0) is 18.9 Å². The summed E-state index contributed by atoms with van der Waals surface area (Å²) in [4.78, 5) is 2.46. The zero-order valence-corrected chi connectivity index (χ0v) is 15.7. The van der Waals surface area contributed by atoms with Crippen molar-refractivity contribution in [3.8, 4) is 0 Å². The smallest absolute Gasteiger partial charge is 0.0826 e. The molecule has 0 spiro atoms. The van der Waals surface area contributed by atoms with Crippen LogP contribution in [0.1, 0.15) is 53.9 Å². The van der Waals surface area contributed by atoms with Crippen LogP contribution < -0.4 is 5.32 Å². The van der Waals surface area contributed by atoms with E-state index in [0.717, 1.165) is 52.5 Å². The van der Waals surface area contributed by atoms with Gasteiger partial charge in [0.05, 0.1) is 19.3 Å². The van der Waals surface area contributed by atoms with Crippen LogP contribution in [0, 0.1) is 5.92 Å². The summed E-state index contributed by atoms with van der Waals surface area (Å²) in [5.41, 5.74) is 0. The van der Waals surface area contributed by atoms with Crippen LogP contribution in [0.25, 0.3) is 0 Å². The molecule has 0 aromatic rings. The summed E-state index contributed by atoms with van der Waals surface area (Å²) in [5, 5.41) is 3.48. The van der Waals surface area contributed by atoms with Crippen molar-refractivity contribution in [2.75, 3.05) is 52.5 Å². The molecule has 1 saturated heterocycles. The Morgan fingerprint density at radius 1 is 1.23 bits per heavy atom. The number of morpholine rings is 1. The second kappa shape index (κ2) is 15.7. The third-order valence-corrected chi connectivity index (χ3v) is 3.59. The largest absolute Gasteiger partial charge is 0.380 e. The van der Waals surface area contributed by atoms with E-state index >= 15 is 0 Å². The minimum atomic E-state index is 0.336. The average Bonchev–Trinajstić information content (AvgIpc) is 2.53. The second-order valence-electron chi connectivity index (χ2n) is 6.16. The molecule has 1 aliphatic rings. The lowest BCUT2D eigenvalue weighted by molar-refractivity contribution is -0.0351. The lowest BCUT2D eigenvalue weighted by Gasteiger charge is -2.33. The first-order valence-corrected chi connectivity index (χ1v) is 9.34. The molecule has 4 nitrogen and oxygen atoms in total. The van der Waals surface area contributed by atoms with Gasteiger partial charge >= 0.3 is 0 Å². The van der Waals surface area contributed by atoms with Gasteiger partial charge in [0.15, 0.2) is 0 Å². The monoisotopic (exact) mass is 316 g/mol. The first kappa shape index (κ1) is 21.8. The molecule has 1 fully saturated rings. The van der Waals surface area contributed by atoms with Crippen LogP contribution in [0.5, 0.6) is 0 Å². The summed E-state index contributed by atoms with van der Waals surface area (Å²) in [6.45, 7) is 18.5. The van der Waals surface area contributed by atoms with Gasteiger partial charge in [-0.2, -0.15) is 0 Å². The lowest BCUT2D eigenvalue weighted by atomic mass is 10.2. The number of hydrogen-bond donors (Lipinski definition) is 1. The Bertz CT molecular complexity index is 225. The van der Waals surface area contributed by atoms with Gasteiger partial charge in [0.2, 0.25) is 0 Å². The Hall–Kier alpha value is -0.160. The van der Waals surface area contributed by atoms with E-state index in [4.69, 9.17) is 9.47 Å². The fourth-order valence-corrected chi connectivity index (χ4v) is 2.39. The van der Waals surface area contributed by atoms with Gasteiger partial charge in [-0.3, -0.25) is 4.90 Å². The Kier molecular flexibility index (Phi) is 15.6. The Morgan fingerprint density at radius 3 is 2.68 bits per heavy atom. The fourth-order valence-electron chi connectivity index (χ4n) is 2.39. The first-order valence-electron chi connectivity index (χ1n) is 9.34. The van der Waals surface area contributed by atoms with Crippen molar-refractivity contribution in [3.63, 3.8) is 0 Å². The van der Waals surface area contributed by atoms with Gasteiger partial charge in [0, 0.05) is 32.8 Å². The van der Waals surface area contributed by atoms with Crippen molar-refractivity contribution < 1.29 is 9.47 Å². The van der Waals surface area contributed by atoms with Crippen molar-refractivity contribution in [2.24, 2.45) is 5.92 Å². The highest BCUT2D eigenvalue weighted by Crippen LogP contribution is 2.04. The van der Waals surface area contributed by atoms with Crippen molar-refractivity contribution >= 4 is 0 Å². The number of ether oxygens (including phenoxy) is 2. The van der Waals surface area contributed by atoms with Gasteiger partial charge in [0.1, 0.15) is 0 Å². The Morgan fingerprint density at radius 2 is 2.00 bits per heavy atom. The molecule has 0 aromatic carbocycles. The molecule has 1 N–H and O–H groups in total. The van der Waals surface area contributed by atoms with Crippen LogP contribution in [-0.4, -0.2) is 63.5 Å². The molecule has 4 heteroatoms. The maximum atomic E-state index is 5.80. The maximum absolute atomic E-state index is 5.80. The minimum absolute atomic E-state index is 0.336. The number of rotatable bonds is 11. The summed E-state index contributed by atoms with van der Waals surface area (Å²) in [6, 6.07) is 0. The molecule has 22 heavy (non-hydrogen) atoms. The molecule has 0 aromatic heterocycles. The Labute approximate surface area is 138 Å². The molecule has 0 radical (unpaired) electrons. The normalized spacial score (nSPS) is 19.1. The standard InChI is InChI=1S/C16H34N2O2.C2H6/c1-4-5-6-9-19-10-7-18-8-11-20-16(14-18)13-17-12-15(2)3;1-2/h15-17H,4-14H2,1-3H3;1-2H3. The molecule has 0 bridgehead atoms. The van der Waals surface area contributed by atoms with Crippen LogP contribution in [0.15, 0.2) is 0 Å². The zero-order valence-electron chi connectivity index (χ0n) is 15.7. The molecule has 1 heterocycles. The topological polar surface area (TPSA) is 33.7 Å². The van der Waals surface area contributed by atoms with E-state index in [-0.39, 0.29) is 0 Å². The fraction of sp³-hybridized carbons (Fsp3) is 1.00. The molecule has 0 saturated carbocycles. The summed E-state index contributed by atoms with van der Waals surface area (Å²) < 4.78 is 11.5. The van der Waals surface area contributed by atoms with Crippen LogP contribution >= 0.6 is 0 Å². The maximum Gasteiger partial charge on any atom is 0.0826 e. The number of hydrogen-bond acceptors (Lipinski definition) is 4. The molecule has 0 aliphatic carbocycles. The predicted molar refractivity (Wildman–Crippen MR) is 95.6 cm³/mol. The van der Waals surface area contributed by atoms with Crippen LogP contribution in [0.2, 0.25) is 0 Å². The number of unbranched alkanes of at least 4 members (excludes halogenated alkanes) is 2. The SMILES string of the molecule is CC.CCCCCOCCN1CCOC(CNCC(C)C)C1. The summed E-state index contributed by atoms with van der Waals surface area (Å²) in [7, 11) is 0.